The number of fused-ring (bicyclic) bond motifs is 1. The molecule has 0 radical (unpaired) electrons. The number of hydrogen-bond acceptors (Lipinski definition) is 7. The molecule has 0 aliphatic carbocycles. The van der Waals surface area contributed by atoms with Crippen molar-refractivity contribution in [1.82, 2.24) is 35.3 Å². The average Bonchev–Trinajstić information content (AvgIpc) is 2.84. The van der Waals surface area contributed by atoms with Crippen molar-refractivity contribution in [3.8, 4) is 0 Å². The number of benzene rings is 1. The van der Waals surface area contributed by atoms with Crippen molar-refractivity contribution in [3.05, 3.63) is 116 Å². The van der Waals surface area contributed by atoms with Gasteiger partial charge < -0.3 is 0 Å². The molecule has 0 N–H and O–H groups in total. The van der Waals surface area contributed by atoms with Gasteiger partial charge in [-0.2, -0.15) is 0 Å². The quantitative estimate of drug-likeness (QED) is 0.411. The Balaban J connectivity index is 0.000000138. The summed E-state index contributed by atoms with van der Waals surface area (Å²) < 4.78 is 0. The Morgan fingerprint density at radius 1 is 0.429 bits per heavy atom. The fourth-order valence-corrected chi connectivity index (χ4v) is 1.79. The molecule has 0 atom stereocenters. The van der Waals surface area contributed by atoms with Crippen LogP contribution in [0.2, 0.25) is 0 Å². The van der Waals surface area contributed by atoms with Crippen LogP contribution in [-0.4, -0.2) is 35.3 Å². The Hall–Kier alpha value is -4.13. The third-order valence-corrected chi connectivity index (χ3v) is 2.97. The lowest BCUT2D eigenvalue weighted by molar-refractivity contribution is 0.865. The molecule has 0 fully saturated rings. The molecule has 0 aliphatic rings. The summed E-state index contributed by atoms with van der Waals surface area (Å²) >= 11 is 0. The number of rotatable bonds is 0. The van der Waals surface area contributed by atoms with Crippen LogP contribution >= 0.6 is 0 Å². The van der Waals surface area contributed by atoms with E-state index in [1.807, 2.05) is 48.7 Å². The molecule has 0 bridgehead atoms. The second-order valence-electron chi connectivity index (χ2n) is 4.93. The fraction of sp³-hybridized carbons (Fsp3) is 0. The van der Waals surface area contributed by atoms with Crippen LogP contribution in [0.5, 0.6) is 0 Å². The molecule has 7 heteroatoms. The van der Waals surface area contributed by atoms with Gasteiger partial charge in [0.25, 0.3) is 0 Å². The van der Waals surface area contributed by atoms with Crippen molar-refractivity contribution in [2.45, 2.75) is 0 Å². The molecule has 0 spiro atoms. The minimum Gasteiger partial charge on any atom is -0.265 e. The minimum absolute atomic E-state index is 1.06. The molecule has 7 nitrogen and oxygen atoms in total. The smallest absolute Gasteiger partial charge is 0.0701 e. The maximum absolute atomic E-state index is 4.18. The molecule has 4 aromatic heterocycles. The van der Waals surface area contributed by atoms with Crippen molar-refractivity contribution in [2.24, 2.45) is 0 Å². The van der Waals surface area contributed by atoms with Crippen molar-refractivity contribution >= 4 is 10.9 Å². The maximum Gasteiger partial charge on any atom is 0.0701 e. The lowest BCUT2D eigenvalue weighted by Crippen LogP contribution is -1.78. The van der Waals surface area contributed by atoms with E-state index in [-0.39, 0.29) is 0 Å². The van der Waals surface area contributed by atoms with Crippen molar-refractivity contribution in [3.63, 3.8) is 0 Å². The number of aromatic nitrogens is 7. The largest absolute Gasteiger partial charge is 0.265 e. The summed E-state index contributed by atoms with van der Waals surface area (Å²) in [4.78, 5) is 15.4. The third-order valence-electron chi connectivity index (χ3n) is 2.97. The van der Waals surface area contributed by atoms with E-state index >= 15 is 0 Å². The first-order chi connectivity index (χ1) is 14.0. The van der Waals surface area contributed by atoms with Gasteiger partial charge in [0.15, 0.2) is 0 Å². The predicted molar refractivity (Wildman–Crippen MR) is 108 cm³/mol. The molecule has 0 unspecified atom stereocenters. The van der Waals surface area contributed by atoms with Crippen LogP contribution in [-0.2, 0) is 0 Å². The second kappa shape index (κ2) is 14.1. The lowest BCUT2D eigenvalue weighted by Gasteiger charge is -1.91. The molecule has 5 rings (SSSR count). The molecule has 0 amide bonds. The topological polar surface area (TPSA) is 90.2 Å². The highest BCUT2D eigenvalue weighted by Gasteiger charge is 1.86. The summed E-state index contributed by atoms with van der Waals surface area (Å²) in [6, 6.07) is 19.5. The molecular formula is C21H19N7. The first-order valence-corrected chi connectivity index (χ1v) is 8.40. The molecule has 138 valence electrons. The summed E-state index contributed by atoms with van der Waals surface area (Å²) in [7, 11) is 0. The average molecular weight is 369 g/mol. The zero-order chi connectivity index (χ0) is 19.5. The van der Waals surface area contributed by atoms with E-state index in [1.54, 1.807) is 55.6 Å². The van der Waals surface area contributed by atoms with Crippen molar-refractivity contribution in [1.29, 1.82) is 0 Å². The highest BCUT2D eigenvalue weighted by Crippen LogP contribution is 2.07. The van der Waals surface area contributed by atoms with Gasteiger partial charge in [-0.3, -0.25) is 19.9 Å². The first-order valence-electron chi connectivity index (χ1n) is 8.40. The minimum atomic E-state index is 1.06. The van der Waals surface area contributed by atoms with Crippen LogP contribution in [0.15, 0.2) is 116 Å². The second-order valence-corrected chi connectivity index (χ2v) is 4.93. The molecule has 5 aromatic rings. The van der Waals surface area contributed by atoms with E-state index in [1.165, 1.54) is 5.39 Å². The van der Waals surface area contributed by atoms with E-state index in [9.17, 15) is 0 Å². The van der Waals surface area contributed by atoms with Gasteiger partial charge in [0, 0.05) is 48.8 Å². The molecule has 4 heterocycles. The van der Waals surface area contributed by atoms with Gasteiger partial charge in [-0.05, 0) is 35.5 Å². The normalized spacial score (nSPS) is 8.71. The first kappa shape index (κ1) is 20.2. The van der Waals surface area contributed by atoms with Gasteiger partial charge >= 0.3 is 0 Å². The lowest BCUT2D eigenvalue weighted by atomic mass is 10.2. The standard InChI is InChI=1S/C9H7N.C5H5N.C4H4N2.C3H3N3/c1-2-6-9-8(4-1)5-3-7-10-9;1-2-4-6-5-3-1;1-2-6-4-3-5-1;1-2-4-6-5-3-1/h1-7H;1-5H;1-4H;1-3H. The monoisotopic (exact) mass is 369 g/mol. The van der Waals surface area contributed by atoms with Crippen molar-refractivity contribution < 1.29 is 0 Å². The van der Waals surface area contributed by atoms with Crippen LogP contribution in [0.3, 0.4) is 0 Å². The number of para-hydroxylation sites is 1. The Morgan fingerprint density at radius 3 is 1.46 bits per heavy atom. The SMILES string of the molecule is c1ccc2ncccc2c1.c1ccncc1.c1cnccn1.c1cnnnc1. The number of nitrogens with zero attached hydrogens (tertiary/aromatic N) is 7. The molecule has 28 heavy (non-hydrogen) atoms. The van der Waals surface area contributed by atoms with Crippen LogP contribution in [0, 0.1) is 0 Å². The van der Waals surface area contributed by atoms with Gasteiger partial charge in [-0.15, -0.1) is 10.2 Å². The van der Waals surface area contributed by atoms with E-state index in [0.29, 0.717) is 0 Å². The summed E-state index contributed by atoms with van der Waals surface area (Å²) in [6.07, 6.45) is 15.0. The summed E-state index contributed by atoms with van der Waals surface area (Å²) in [5.74, 6) is 0. The number of hydrogen-bond donors (Lipinski definition) is 0. The number of pyridine rings is 2. The van der Waals surface area contributed by atoms with Gasteiger partial charge in [-0.25, -0.2) is 0 Å². The van der Waals surface area contributed by atoms with Gasteiger partial charge in [0.1, 0.15) is 0 Å². The molecule has 0 saturated carbocycles. The molecule has 0 saturated heterocycles. The Labute approximate surface area is 163 Å². The Bertz CT molecular complexity index is 748. The van der Waals surface area contributed by atoms with E-state index in [0.717, 1.165) is 5.52 Å². The zero-order valence-corrected chi connectivity index (χ0v) is 15.1. The van der Waals surface area contributed by atoms with Crippen LogP contribution in [0.4, 0.5) is 0 Å². The molecule has 0 aliphatic heterocycles. The van der Waals surface area contributed by atoms with Crippen LogP contribution in [0.1, 0.15) is 0 Å². The van der Waals surface area contributed by atoms with Crippen molar-refractivity contribution in [2.75, 3.05) is 0 Å². The van der Waals surface area contributed by atoms with Crippen LogP contribution in [0.25, 0.3) is 10.9 Å². The van der Waals surface area contributed by atoms with E-state index in [4.69, 9.17) is 0 Å². The fourth-order valence-electron chi connectivity index (χ4n) is 1.79. The van der Waals surface area contributed by atoms with E-state index in [2.05, 4.69) is 47.5 Å². The summed E-state index contributed by atoms with van der Waals surface area (Å²) in [5.41, 5.74) is 1.06. The van der Waals surface area contributed by atoms with Crippen LogP contribution < -0.4 is 0 Å². The third kappa shape index (κ3) is 9.38. The highest BCUT2D eigenvalue weighted by molar-refractivity contribution is 5.77. The maximum atomic E-state index is 4.18. The zero-order valence-electron chi connectivity index (χ0n) is 15.1. The van der Waals surface area contributed by atoms with E-state index < -0.39 is 0 Å². The van der Waals surface area contributed by atoms with Gasteiger partial charge in [-0.1, -0.05) is 30.3 Å². The molecule has 1 aromatic carbocycles. The highest BCUT2D eigenvalue weighted by atomic mass is 15.3. The Kier molecular flexibility index (Phi) is 10.2. The summed E-state index contributed by atoms with van der Waals surface area (Å²) in [6.45, 7) is 0. The van der Waals surface area contributed by atoms with Gasteiger partial charge in [0.05, 0.1) is 17.9 Å². The molecular weight excluding hydrogens is 350 g/mol. The Morgan fingerprint density at radius 2 is 1.04 bits per heavy atom. The predicted octanol–water partition coefficient (Wildman–Crippen LogP) is 3.66. The van der Waals surface area contributed by atoms with Gasteiger partial charge in [0.2, 0.25) is 0 Å². The summed E-state index contributed by atoms with van der Waals surface area (Å²) in [5, 5.41) is 11.3.